The van der Waals surface area contributed by atoms with Gasteiger partial charge in [-0.3, -0.25) is 14.6 Å². The monoisotopic (exact) mass is 488 g/mol. The molecule has 7 heteroatoms. The van der Waals surface area contributed by atoms with Crippen LogP contribution < -0.4 is 5.32 Å². The van der Waals surface area contributed by atoms with E-state index < -0.39 is 0 Å². The first-order valence-electron chi connectivity index (χ1n) is 10.3. The van der Waals surface area contributed by atoms with Crippen LogP contribution in [0.15, 0.2) is 17.4 Å². The zero-order chi connectivity index (χ0) is 18.4. The Morgan fingerprint density at radius 2 is 2.04 bits per heavy atom. The van der Waals surface area contributed by atoms with E-state index in [2.05, 4.69) is 38.5 Å². The molecule has 2 fully saturated rings. The Morgan fingerprint density at radius 1 is 1.26 bits per heavy atom. The average Bonchev–Trinajstić information content (AvgIpc) is 3.25. The summed E-state index contributed by atoms with van der Waals surface area (Å²) in [7, 11) is 5.92. The van der Waals surface area contributed by atoms with Crippen LogP contribution in [0.4, 0.5) is 0 Å². The predicted molar refractivity (Wildman–Crippen MR) is 123 cm³/mol. The molecule has 0 radical (unpaired) electrons. The van der Waals surface area contributed by atoms with Crippen LogP contribution >= 0.6 is 24.0 Å². The summed E-state index contributed by atoms with van der Waals surface area (Å²) in [5, 5.41) is 7.86. The van der Waals surface area contributed by atoms with Crippen molar-refractivity contribution in [3.63, 3.8) is 0 Å². The molecule has 1 saturated carbocycles. The predicted octanol–water partition coefficient (Wildman–Crippen LogP) is 3.09. The van der Waals surface area contributed by atoms with Crippen molar-refractivity contribution >= 4 is 29.9 Å². The van der Waals surface area contributed by atoms with Crippen LogP contribution in [-0.2, 0) is 13.6 Å². The molecule has 1 aromatic heterocycles. The second-order valence-corrected chi connectivity index (χ2v) is 8.10. The lowest BCUT2D eigenvalue weighted by molar-refractivity contribution is 0.187. The summed E-state index contributed by atoms with van der Waals surface area (Å²) in [5.41, 5.74) is 1.21. The van der Waals surface area contributed by atoms with Gasteiger partial charge in [0.2, 0.25) is 0 Å². The van der Waals surface area contributed by atoms with Gasteiger partial charge >= 0.3 is 0 Å². The molecule has 1 aliphatic heterocycles. The highest BCUT2D eigenvalue weighted by molar-refractivity contribution is 14.0. The number of hydrogen-bond acceptors (Lipinski definition) is 3. The number of likely N-dealkylation sites (tertiary alicyclic amines) is 1. The largest absolute Gasteiger partial charge is 0.355 e. The molecule has 0 amide bonds. The van der Waals surface area contributed by atoms with Crippen molar-refractivity contribution in [1.82, 2.24) is 24.9 Å². The van der Waals surface area contributed by atoms with Crippen LogP contribution in [0.1, 0.15) is 50.5 Å². The second kappa shape index (κ2) is 11.2. The van der Waals surface area contributed by atoms with Crippen LogP contribution in [-0.4, -0.2) is 65.3 Å². The SMILES string of the molecule is CN=C(NCC1CCCN1CC1CCCCC1)N(C)Cc1cnn(C)c1.I. The normalized spacial score (nSPS) is 21.9. The van der Waals surface area contributed by atoms with Gasteiger partial charge in [-0.25, -0.2) is 0 Å². The molecule has 2 heterocycles. The standard InChI is InChI=1S/C20H36N6.HI/c1-21-20(24(2)14-18-12-23-25(3)15-18)22-13-19-10-7-11-26(19)16-17-8-5-4-6-9-17;/h12,15,17,19H,4-11,13-14,16H2,1-3H3,(H,21,22);1H. The van der Waals surface area contributed by atoms with Crippen molar-refractivity contribution in [1.29, 1.82) is 0 Å². The minimum Gasteiger partial charge on any atom is -0.355 e. The summed E-state index contributed by atoms with van der Waals surface area (Å²) in [6.45, 7) is 4.39. The lowest BCUT2D eigenvalue weighted by atomic mass is 9.89. The van der Waals surface area contributed by atoms with E-state index in [9.17, 15) is 0 Å². The van der Waals surface area contributed by atoms with E-state index in [0.29, 0.717) is 6.04 Å². The molecule has 1 aliphatic carbocycles. The van der Waals surface area contributed by atoms with Gasteiger partial charge in [0.1, 0.15) is 0 Å². The summed E-state index contributed by atoms with van der Waals surface area (Å²) >= 11 is 0. The fraction of sp³-hybridized carbons (Fsp3) is 0.800. The van der Waals surface area contributed by atoms with Gasteiger partial charge in [0.15, 0.2) is 5.96 Å². The minimum atomic E-state index is 0. The van der Waals surface area contributed by atoms with Crippen LogP contribution in [0.3, 0.4) is 0 Å². The van der Waals surface area contributed by atoms with E-state index in [1.165, 1.54) is 63.6 Å². The van der Waals surface area contributed by atoms with Gasteiger partial charge in [0, 0.05) is 58.6 Å². The van der Waals surface area contributed by atoms with Crippen molar-refractivity contribution < 1.29 is 0 Å². The van der Waals surface area contributed by atoms with Crippen LogP contribution in [0, 0.1) is 5.92 Å². The van der Waals surface area contributed by atoms with E-state index in [1.54, 1.807) is 0 Å². The van der Waals surface area contributed by atoms with E-state index in [0.717, 1.165) is 25.0 Å². The number of halogens is 1. The van der Waals surface area contributed by atoms with Gasteiger partial charge in [-0.2, -0.15) is 5.10 Å². The van der Waals surface area contributed by atoms with Crippen LogP contribution in [0.25, 0.3) is 0 Å². The first-order chi connectivity index (χ1) is 12.7. The lowest BCUT2D eigenvalue weighted by Gasteiger charge is -2.32. The number of hydrogen-bond donors (Lipinski definition) is 1. The molecule has 154 valence electrons. The molecule has 2 aliphatic rings. The average molecular weight is 488 g/mol. The number of guanidine groups is 1. The molecule has 0 aromatic carbocycles. The maximum Gasteiger partial charge on any atom is 0.193 e. The van der Waals surface area contributed by atoms with Crippen molar-refractivity contribution in [2.45, 2.75) is 57.5 Å². The minimum absolute atomic E-state index is 0. The highest BCUT2D eigenvalue weighted by Gasteiger charge is 2.27. The number of nitrogens with zero attached hydrogens (tertiary/aromatic N) is 5. The fourth-order valence-electron chi connectivity index (χ4n) is 4.56. The molecule has 3 rings (SSSR count). The van der Waals surface area contributed by atoms with Crippen molar-refractivity contribution in [3.05, 3.63) is 18.0 Å². The van der Waals surface area contributed by atoms with E-state index in [1.807, 2.05) is 25.0 Å². The molecule has 27 heavy (non-hydrogen) atoms. The topological polar surface area (TPSA) is 48.7 Å². The first-order valence-corrected chi connectivity index (χ1v) is 10.3. The van der Waals surface area contributed by atoms with Crippen molar-refractivity contribution in [2.75, 3.05) is 33.7 Å². The molecule has 0 spiro atoms. The van der Waals surface area contributed by atoms with Gasteiger partial charge in [-0.1, -0.05) is 19.3 Å². The smallest absolute Gasteiger partial charge is 0.193 e. The van der Waals surface area contributed by atoms with Gasteiger partial charge < -0.3 is 10.2 Å². The van der Waals surface area contributed by atoms with Gasteiger partial charge in [-0.05, 0) is 38.1 Å². The molecular weight excluding hydrogens is 451 g/mol. The molecule has 1 unspecified atom stereocenters. The Balaban J connectivity index is 0.00000261. The summed E-state index contributed by atoms with van der Waals surface area (Å²) in [5.74, 6) is 1.90. The highest BCUT2D eigenvalue weighted by Crippen LogP contribution is 2.27. The maximum absolute atomic E-state index is 4.48. The van der Waals surface area contributed by atoms with Gasteiger partial charge in [-0.15, -0.1) is 24.0 Å². The van der Waals surface area contributed by atoms with Gasteiger partial charge in [0.25, 0.3) is 0 Å². The number of aliphatic imine (C=N–C) groups is 1. The molecule has 1 N–H and O–H groups in total. The molecule has 0 bridgehead atoms. The Labute approximate surface area is 181 Å². The number of aromatic nitrogens is 2. The maximum atomic E-state index is 4.48. The molecule has 1 aromatic rings. The Bertz CT molecular complexity index is 581. The van der Waals surface area contributed by atoms with E-state index in [-0.39, 0.29) is 24.0 Å². The van der Waals surface area contributed by atoms with E-state index >= 15 is 0 Å². The summed E-state index contributed by atoms with van der Waals surface area (Å²) in [4.78, 5) is 9.39. The Morgan fingerprint density at radius 3 is 2.70 bits per heavy atom. The summed E-state index contributed by atoms with van der Waals surface area (Å²) < 4.78 is 1.85. The molecule has 1 atom stereocenters. The number of rotatable bonds is 6. The third kappa shape index (κ3) is 6.62. The van der Waals surface area contributed by atoms with Crippen LogP contribution in [0.5, 0.6) is 0 Å². The quantitative estimate of drug-likeness (QED) is 0.380. The highest BCUT2D eigenvalue weighted by atomic mass is 127. The number of aryl methyl sites for hydroxylation is 1. The molecule has 6 nitrogen and oxygen atoms in total. The second-order valence-electron chi connectivity index (χ2n) is 8.10. The Hall–Kier alpha value is -0.830. The third-order valence-electron chi connectivity index (χ3n) is 5.96. The molecule has 1 saturated heterocycles. The summed E-state index contributed by atoms with van der Waals surface area (Å²) in [6, 6.07) is 0.653. The molecular formula is C20H37IN6. The van der Waals surface area contributed by atoms with Gasteiger partial charge in [0.05, 0.1) is 6.20 Å². The van der Waals surface area contributed by atoms with E-state index in [4.69, 9.17) is 0 Å². The van der Waals surface area contributed by atoms with Crippen LogP contribution in [0.2, 0.25) is 0 Å². The zero-order valence-corrected chi connectivity index (χ0v) is 19.6. The van der Waals surface area contributed by atoms with Crippen molar-refractivity contribution in [2.24, 2.45) is 18.0 Å². The van der Waals surface area contributed by atoms with Crippen molar-refractivity contribution in [3.8, 4) is 0 Å². The third-order valence-corrected chi connectivity index (χ3v) is 5.96. The number of nitrogens with one attached hydrogen (secondary N) is 1. The zero-order valence-electron chi connectivity index (χ0n) is 17.2. The summed E-state index contributed by atoms with van der Waals surface area (Å²) in [6.07, 6.45) is 13.8. The lowest BCUT2D eigenvalue weighted by Crippen LogP contribution is -2.46. The Kier molecular flexibility index (Phi) is 9.35. The fourth-order valence-corrected chi connectivity index (χ4v) is 4.56. The first kappa shape index (κ1) is 22.5.